The highest BCUT2D eigenvalue weighted by Gasteiger charge is 2.34. The lowest BCUT2D eigenvalue weighted by Gasteiger charge is -2.28. The van der Waals surface area contributed by atoms with Crippen LogP contribution in [0.15, 0.2) is 64.5 Å². The quantitative estimate of drug-likeness (QED) is 0.852. The van der Waals surface area contributed by atoms with Crippen molar-refractivity contribution in [3.63, 3.8) is 0 Å². The molecule has 0 bridgehead atoms. The predicted octanol–water partition coefficient (Wildman–Crippen LogP) is 2.90. The second kappa shape index (κ2) is 5.87. The van der Waals surface area contributed by atoms with E-state index in [1.165, 1.54) is 5.57 Å². The zero-order chi connectivity index (χ0) is 18.5. The van der Waals surface area contributed by atoms with Gasteiger partial charge in [0.15, 0.2) is 0 Å². The van der Waals surface area contributed by atoms with Gasteiger partial charge in [0.05, 0.1) is 11.4 Å². The van der Waals surface area contributed by atoms with Crippen molar-refractivity contribution >= 4 is 23.2 Å². The Labute approximate surface area is 156 Å². The Balaban J connectivity index is 1.50. The summed E-state index contributed by atoms with van der Waals surface area (Å²) in [6, 6.07) is 5.60. The molecule has 2 amide bonds. The van der Waals surface area contributed by atoms with Crippen LogP contribution in [0.25, 0.3) is 5.65 Å². The van der Waals surface area contributed by atoms with E-state index in [9.17, 15) is 9.59 Å². The summed E-state index contributed by atoms with van der Waals surface area (Å²) in [7, 11) is 0. The van der Waals surface area contributed by atoms with Crippen LogP contribution >= 0.6 is 0 Å². The van der Waals surface area contributed by atoms with Crippen LogP contribution in [0.2, 0.25) is 0 Å². The molecule has 3 heterocycles. The first-order chi connectivity index (χ1) is 13.1. The van der Waals surface area contributed by atoms with Crippen LogP contribution in [-0.4, -0.2) is 26.9 Å². The minimum absolute atomic E-state index is 0.0106. The number of hydrogen-bond acceptors (Lipinski definition) is 3. The van der Waals surface area contributed by atoms with E-state index in [4.69, 9.17) is 0 Å². The fourth-order valence-corrected chi connectivity index (χ4v) is 4.20. The number of allylic oxidation sites excluding steroid dienone is 3. The van der Waals surface area contributed by atoms with E-state index in [1.54, 1.807) is 17.4 Å². The molecule has 5 rings (SSSR count). The average molecular weight is 358 g/mol. The number of amides is 2. The van der Waals surface area contributed by atoms with Gasteiger partial charge in [0.2, 0.25) is 0 Å². The third-order valence-corrected chi connectivity index (χ3v) is 5.40. The van der Waals surface area contributed by atoms with Crippen molar-refractivity contribution in [2.45, 2.75) is 26.2 Å². The molecular weight excluding hydrogens is 340 g/mol. The lowest BCUT2D eigenvalue weighted by molar-refractivity contribution is -0.117. The van der Waals surface area contributed by atoms with Crippen LogP contribution in [0.3, 0.4) is 0 Å². The first-order valence-corrected chi connectivity index (χ1v) is 9.11. The third-order valence-electron chi connectivity index (χ3n) is 5.40. The van der Waals surface area contributed by atoms with Crippen molar-refractivity contribution in [3.8, 4) is 0 Å². The first kappa shape index (κ1) is 15.9. The van der Waals surface area contributed by atoms with Crippen molar-refractivity contribution in [2.75, 3.05) is 0 Å². The molecule has 27 heavy (non-hydrogen) atoms. The topological polar surface area (TPSA) is 75.8 Å². The van der Waals surface area contributed by atoms with Gasteiger partial charge >= 0.3 is 0 Å². The van der Waals surface area contributed by atoms with Gasteiger partial charge in [-0.1, -0.05) is 12.1 Å². The molecule has 0 spiro atoms. The van der Waals surface area contributed by atoms with Gasteiger partial charge in [0.1, 0.15) is 11.3 Å². The van der Waals surface area contributed by atoms with Crippen LogP contribution in [0.4, 0.5) is 0 Å². The molecule has 1 atom stereocenters. The number of rotatable bonds is 1. The zero-order valence-corrected chi connectivity index (χ0v) is 14.9. The van der Waals surface area contributed by atoms with E-state index in [-0.39, 0.29) is 17.7 Å². The molecule has 0 saturated heterocycles. The van der Waals surface area contributed by atoms with E-state index < -0.39 is 0 Å². The highest BCUT2D eigenvalue weighted by Crippen LogP contribution is 2.39. The number of nitrogens with zero attached hydrogens (tertiary/aromatic N) is 3. The van der Waals surface area contributed by atoms with E-state index in [2.05, 4.69) is 15.3 Å². The second-order valence-electron chi connectivity index (χ2n) is 7.06. The Morgan fingerprint density at radius 1 is 1.33 bits per heavy atom. The Morgan fingerprint density at radius 2 is 2.22 bits per heavy atom. The summed E-state index contributed by atoms with van der Waals surface area (Å²) < 4.78 is 1.75. The summed E-state index contributed by atoms with van der Waals surface area (Å²) in [5, 5.41) is 2.97. The van der Waals surface area contributed by atoms with E-state index in [0.29, 0.717) is 17.1 Å². The maximum atomic E-state index is 12.8. The summed E-state index contributed by atoms with van der Waals surface area (Å²) in [4.78, 5) is 33.8. The Bertz CT molecular complexity index is 1130. The number of pyridine rings is 1. The van der Waals surface area contributed by atoms with Gasteiger partial charge in [-0.2, -0.15) is 0 Å². The number of imidazole rings is 1. The minimum atomic E-state index is -0.343. The van der Waals surface area contributed by atoms with Gasteiger partial charge < -0.3 is 5.32 Å². The van der Waals surface area contributed by atoms with Gasteiger partial charge in [-0.05, 0) is 56.0 Å². The van der Waals surface area contributed by atoms with Gasteiger partial charge in [-0.25, -0.2) is 9.98 Å². The number of hydrogen-bond donors (Lipinski definition) is 1. The molecule has 6 heteroatoms. The van der Waals surface area contributed by atoms with Crippen molar-refractivity contribution < 1.29 is 9.59 Å². The van der Waals surface area contributed by atoms with Crippen LogP contribution in [0.5, 0.6) is 0 Å². The van der Waals surface area contributed by atoms with E-state index in [1.807, 2.05) is 36.5 Å². The first-order valence-electron chi connectivity index (χ1n) is 9.11. The normalized spacial score (nSPS) is 22.7. The molecule has 3 aliphatic rings. The molecule has 1 unspecified atom stereocenters. The van der Waals surface area contributed by atoms with Gasteiger partial charge in [0.25, 0.3) is 11.8 Å². The highest BCUT2D eigenvalue weighted by atomic mass is 16.2. The maximum absolute atomic E-state index is 12.8. The van der Waals surface area contributed by atoms with Crippen LogP contribution in [-0.2, 0) is 4.79 Å². The van der Waals surface area contributed by atoms with Crippen molar-refractivity contribution in [2.24, 2.45) is 10.9 Å². The standard InChI is InChI=1S/C21H18N4O2/c1-12-19(25-10-3-2-7-18(25)22-12)21(27)23-13-8-9-15-14-5-4-6-16(14)20(26)24-17(15)11-13/h2-3,7-11,15H,4-6H2,1H3,(H,24,26). The summed E-state index contributed by atoms with van der Waals surface area (Å²) in [6.07, 6.45) is 10.4. The molecule has 0 fully saturated rings. The third kappa shape index (κ3) is 2.48. The van der Waals surface area contributed by atoms with E-state index >= 15 is 0 Å². The minimum Gasteiger partial charge on any atom is -0.325 e. The zero-order valence-electron chi connectivity index (χ0n) is 14.9. The Kier molecular flexibility index (Phi) is 3.47. The highest BCUT2D eigenvalue weighted by molar-refractivity contribution is 6.14. The number of aromatic nitrogens is 2. The average Bonchev–Trinajstić information content (AvgIpc) is 3.25. The van der Waals surface area contributed by atoms with Crippen molar-refractivity contribution in [3.05, 3.63) is 70.9 Å². The summed E-state index contributed by atoms with van der Waals surface area (Å²) >= 11 is 0. The lowest BCUT2D eigenvalue weighted by Crippen LogP contribution is -2.35. The molecule has 0 saturated carbocycles. The molecule has 0 aromatic carbocycles. The number of nitrogens with one attached hydrogen (secondary N) is 1. The van der Waals surface area contributed by atoms with Gasteiger partial charge in [-0.3, -0.25) is 14.0 Å². The number of aryl methyl sites for hydroxylation is 1. The second-order valence-corrected chi connectivity index (χ2v) is 7.06. The molecule has 0 radical (unpaired) electrons. The molecule has 2 aromatic rings. The smallest absolute Gasteiger partial charge is 0.296 e. The number of carbonyl (C=O) groups is 2. The Morgan fingerprint density at radius 3 is 3.11 bits per heavy atom. The number of aliphatic imine (C=N–C) groups is 1. The molecule has 2 aromatic heterocycles. The number of carbonyl (C=O) groups excluding carboxylic acids is 2. The van der Waals surface area contributed by atoms with Gasteiger partial charge in [0, 0.05) is 23.4 Å². The molecule has 1 aliphatic heterocycles. The Hall–Kier alpha value is -3.28. The molecular formula is C21H18N4O2. The number of fused-ring (bicyclic) bond motifs is 3. The molecule has 1 N–H and O–H groups in total. The van der Waals surface area contributed by atoms with E-state index in [0.717, 1.165) is 36.2 Å². The molecule has 2 aliphatic carbocycles. The summed E-state index contributed by atoms with van der Waals surface area (Å²) in [5.41, 5.74) is 5.32. The lowest BCUT2D eigenvalue weighted by atomic mass is 9.85. The van der Waals surface area contributed by atoms with Gasteiger partial charge in [-0.15, -0.1) is 0 Å². The summed E-state index contributed by atoms with van der Waals surface area (Å²) in [5.74, 6) is -0.251. The summed E-state index contributed by atoms with van der Waals surface area (Å²) in [6.45, 7) is 1.81. The largest absolute Gasteiger partial charge is 0.325 e. The maximum Gasteiger partial charge on any atom is 0.296 e. The van der Waals surface area contributed by atoms with Crippen molar-refractivity contribution in [1.82, 2.24) is 14.7 Å². The van der Waals surface area contributed by atoms with Crippen LogP contribution in [0.1, 0.15) is 35.4 Å². The SMILES string of the molecule is Cc1nc2ccccn2c1C(=O)N=C1C=CC2C(=C1)NC(=O)C1=C2CCC1. The van der Waals surface area contributed by atoms with Crippen molar-refractivity contribution in [1.29, 1.82) is 0 Å². The monoisotopic (exact) mass is 358 g/mol. The predicted molar refractivity (Wildman–Crippen MR) is 101 cm³/mol. The fraction of sp³-hybridized carbons (Fsp3) is 0.238. The molecule has 134 valence electrons. The molecule has 6 nitrogen and oxygen atoms in total. The fourth-order valence-electron chi connectivity index (χ4n) is 4.20. The van der Waals surface area contributed by atoms with Crippen LogP contribution in [0, 0.1) is 12.8 Å². The van der Waals surface area contributed by atoms with Crippen LogP contribution < -0.4 is 5.32 Å².